The molecule has 5 aromatic carbocycles. The van der Waals surface area contributed by atoms with E-state index in [1.807, 2.05) is 42.6 Å². The summed E-state index contributed by atoms with van der Waals surface area (Å²) in [4.78, 5) is 14.7. The molecule has 47 heavy (non-hydrogen) atoms. The molecule has 9 aromatic rings. The highest BCUT2D eigenvalue weighted by Gasteiger charge is 2.17. The maximum absolute atomic E-state index is 5.17. The van der Waals surface area contributed by atoms with Gasteiger partial charge in [0.25, 0.3) is 0 Å². The molecule has 4 heterocycles. The third kappa shape index (κ3) is 4.75. The van der Waals surface area contributed by atoms with Gasteiger partial charge in [0.1, 0.15) is 11.3 Å². The third-order valence-electron chi connectivity index (χ3n) is 8.89. The lowest BCUT2D eigenvalue weighted by Gasteiger charge is -2.13. The predicted molar refractivity (Wildman–Crippen MR) is 193 cm³/mol. The summed E-state index contributed by atoms with van der Waals surface area (Å²) in [6.07, 6.45) is 3.87. The number of rotatable bonds is 5. The molecule has 0 atom stereocenters. The van der Waals surface area contributed by atoms with E-state index < -0.39 is 0 Å². The van der Waals surface area contributed by atoms with Crippen LogP contribution in [0, 0.1) is 0 Å². The van der Waals surface area contributed by atoms with Crippen molar-refractivity contribution in [2.75, 3.05) is 0 Å². The molecule has 9 rings (SSSR count). The van der Waals surface area contributed by atoms with Crippen molar-refractivity contribution >= 4 is 27.3 Å². The fourth-order valence-electron chi connectivity index (χ4n) is 6.61. The van der Waals surface area contributed by atoms with Crippen LogP contribution in [-0.4, -0.2) is 19.4 Å². The molecule has 4 nitrogen and oxygen atoms in total. The number of benzene rings is 5. The Kier molecular flexibility index (Phi) is 6.43. The van der Waals surface area contributed by atoms with Crippen LogP contribution in [0.1, 0.15) is 0 Å². The Labute approximate surface area is 272 Å². The lowest BCUT2D eigenvalue weighted by atomic mass is 9.94. The van der Waals surface area contributed by atoms with Gasteiger partial charge < -0.3 is 0 Å². The second-order valence-electron chi connectivity index (χ2n) is 11.7. The molecule has 0 N–H and O–H groups in total. The van der Waals surface area contributed by atoms with Crippen LogP contribution in [0.15, 0.2) is 170 Å². The normalized spacial score (nSPS) is 11.4. The smallest absolute Gasteiger partial charge is 0.138 e. The summed E-state index contributed by atoms with van der Waals surface area (Å²) in [7, 11) is 0. The number of fused-ring (bicyclic) bond motifs is 4. The van der Waals surface area contributed by atoms with E-state index in [0.29, 0.717) is 0 Å². The molecule has 0 aliphatic carbocycles. The molecule has 0 spiro atoms. The number of imidazole rings is 1. The summed E-state index contributed by atoms with van der Waals surface area (Å²) in [6.45, 7) is 0. The fourth-order valence-corrected chi connectivity index (χ4v) is 6.61. The van der Waals surface area contributed by atoms with Crippen LogP contribution in [0.2, 0.25) is 0 Å². The summed E-state index contributed by atoms with van der Waals surface area (Å²) in [6, 6.07) is 55.2. The van der Waals surface area contributed by atoms with E-state index in [9.17, 15) is 0 Å². The van der Waals surface area contributed by atoms with Gasteiger partial charge in [-0.05, 0) is 69.4 Å². The van der Waals surface area contributed by atoms with E-state index >= 15 is 0 Å². The molecule has 0 aliphatic rings. The molecular weight excluding hydrogens is 573 g/mol. The van der Waals surface area contributed by atoms with Crippen LogP contribution < -0.4 is 0 Å². The highest BCUT2D eigenvalue weighted by molar-refractivity contribution is 6.13. The molecule has 0 saturated heterocycles. The predicted octanol–water partition coefficient (Wildman–Crippen LogP) is 10.8. The van der Waals surface area contributed by atoms with Gasteiger partial charge in [0, 0.05) is 28.9 Å². The first kappa shape index (κ1) is 27.0. The first-order valence-electron chi connectivity index (χ1n) is 15.8. The molecule has 220 valence electrons. The summed E-state index contributed by atoms with van der Waals surface area (Å²) in [5.41, 5.74) is 12.5. The van der Waals surface area contributed by atoms with Gasteiger partial charge in [0.05, 0.1) is 22.6 Å². The van der Waals surface area contributed by atoms with Gasteiger partial charge in [-0.15, -0.1) is 0 Å². The van der Waals surface area contributed by atoms with Gasteiger partial charge in [-0.3, -0.25) is 9.38 Å². The zero-order valence-corrected chi connectivity index (χ0v) is 25.5. The third-order valence-corrected chi connectivity index (χ3v) is 8.89. The van der Waals surface area contributed by atoms with E-state index in [0.717, 1.165) is 56.2 Å². The van der Waals surface area contributed by atoms with Crippen molar-refractivity contribution < 1.29 is 0 Å². The zero-order chi connectivity index (χ0) is 31.2. The number of aromatic nitrogens is 4. The largest absolute Gasteiger partial charge is 0.299 e. The quantitative estimate of drug-likeness (QED) is 0.185. The Bertz CT molecular complexity index is 2530. The first-order chi connectivity index (χ1) is 23.3. The molecule has 0 fully saturated rings. The van der Waals surface area contributed by atoms with Crippen molar-refractivity contribution in [2.45, 2.75) is 0 Å². The monoisotopic (exact) mass is 600 g/mol. The highest BCUT2D eigenvalue weighted by atomic mass is 15.0. The minimum atomic E-state index is 0.858. The maximum atomic E-state index is 5.17. The van der Waals surface area contributed by atoms with Crippen molar-refractivity contribution in [1.82, 2.24) is 19.4 Å². The standard InChI is InChI=1S/C43H28N4/c1-2-10-31(11-3-1)36-28-39(45-37-25-24-32-12-4-5-13-35(32)41(36)37)33-20-16-29(17-21-33)30-18-22-34(23-19-30)43-42(38-14-6-8-26-44-38)46-40-15-7-9-27-47(40)43/h1-28H. The number of pyridine rings is 3. The lowest BCUT2D eigenvalue weighted by molar-refractivity contribution is 1.19. The van der Waals surface area contributed by atoms with Crippen molar-refractivity contribution in [3.05, 3.63) is 170 Å². The van der Waals surface area contributed by atoms with Gasteiger partial charge in [0.2, 0.25) is 0 Å². The van der Waals surface area contributed by atoms with Crippen LogP contribution in [-0.2, 0) is 0 Å². The Balaban J connectivity index is 1.09. The summed E-state index contributed by atoms with van der Waals surface area (Å²) in [5.74, 6) is 0. The van der Waals surface area contributed by atoms with E-state index in [-0.39, 0.29) is 0 Å². The number of hydrogen-bond donors (Lipinski definition) is 0. The highest BCUT2D eigenvalue weighted by Crippen LogP contribution is 2.37. The molecule has 4 heteroatoms. The van der Waals surface area contributed by atoms with Gasteiger partial charge >= 0.3 is 0 Å². The fraction of sp³-hybridized carbons (Fsp3) is 0. The Morgan fingerprint density at radius 3 is 1.96 bits per heavy atom. The molecule has 0 unspecified atom stereocenters. The average Bonchev–Trinajstić information content (AvgIpc) is 3.55. The number of nitrogens with zero attached hydrogens (tertiary/aromatic N) is 4. The summed E-state index contributed by atoms with van der Waals surface area (Å²) < 4.78 is 2.14. The topological polar surface area (TPSA) is 43.1 Å². The number of hydrogen-bond acceptors (Lipinski definition) is 3. The Hall–Kier alpha value is -6.39. The van der Waals surface area contributed by atoms with Crippen LogP contribution >= 0.6 is 0 Å². The SMILES string of the molecule is c1ccc(-c2cc(-c3ccc(-c4ccc(-c5c(-c6ccccn6)nc6ccccn56)cc4)cc3)nc3ccc4ccccc4c23)cc1. The molecule has 0 radical (unpaired) electrons. The lowest BCUT2D eigenvalue weighted by Crippen LogP contribution is -1.92. The van der Waals surface area contributed by atoms with Crippen molar-refractivity contribution in [3.63, 3.8) is 0 Å². The van der Waals surface area contributed by atoms with Gasteiger partial charge in [-0.2, -0.15) is 0 Å². The molecule has 0 saturated carbocycles. The van der Waals surface area contributed by atoms with Gasteiger partial charge in [-0.1, -0.05) is 121 Å². The van der Waals surface area contributed by atoms with Gasteiger partial charge in [0.15, 0.2) is 0 Å². The van der Waals surface area contributed by atoms with Crippen LogP contribution in [0.5, 0.6) is 0 Å². The average molecular weight is 601 g/mol. The van der Waals surface area contributed by atoms with E-state index in [4.69, 9.17) is 9.97 Å². The van der Waals surface area contributed by atoms with Gasteiger partial charge in [-0.25, -0.2) is 9.97 Å². The minimum absolute atomic E-state index is 0.858. The molecule has 0 amide bonds. The van der Waals surface area contributed by atoms with Crippen molar-refractivity contribution in [3.8, 4) is 56.2 Å². The van der Waals surface area contributed by atoms with Crippen molar-refractivity contribution in [1.29, 1.82) is 0 Å². The van der Waals surface area contributed by atoms with E-state index in [1.54, 1.807) is 0 Å². The first-order valence-corrected chi connectivity index (χ1v) is 15.8. The Morgan fingerprint density at radius 1 is 0.468 bits per heavy atom. The second-order valence-corrected chi connectivity index (χ2v) is 11.7. The molecular formula is C43H28N4. The minimum Gasteiger partial charge on any atom is -0.299 e. The molecule has 0 bridgehead atoms. The summed E-state index contributed by atoms with van der Waals surface area (Å²) >= 11 is 0. The van der Waals surface area contributed by atoms with Crippen LogP contribution in [0.4, 0.5) is 0 Å². The maximum Gasteiger partial charge on any atom is 0.138 e. The van der Waals surface area contributed by atoms with Crippen LogP contribution in [0.25, 0.3) is 83.5 Å². The molecule has 0 aliphatic heterocycles. The van der Waals surface area contributed by atoms with Crippen LogP contribution in [0.3, 0.4) is 0 Å². The summed E-state index contributed by atoms with van der Waals surface area (Å²) in [5, 5.41) is 3.63. The Morgan fingerprint density at radius 2 is 1.17 bits per heavy atom. The van der Waals surface area contributed by atoms with Crippen molar-refractivity contribution in [2.24, 2.45) is 0 Å². The second kappa shape index (κ2) is 11.2. The molecule has 4 aromatic heterocycles. The van der Waals surface area contributed by atoms with E-state index in [1.165, 1.54) is 27.3 Å². The van der Waals surface area contributed by atoms with E-state index in [2.05, 4.69) is 137 Å². The zero-order valence-electron chi connectivity index (χ0n) is 25.5.